The molecule has 140 valence electrons. The first-order valence-corrected chi connectivity index (χ1v) is 9.87. The summed E-state index contributed by atoms with van der Waals surface area (Å²) >= 11 is 0. The van der Waals surface area contributed by atoms with E-state index in [0.717, 1.165) is 10.6 Å². The molecule has 0 aliphatic carbocycles. The Bertz CT molecular complexity index is 871. The van der Waals surface area contributed by atoms with E-state index >= 15 is 0 Å². The minimum absolute atomic E-state index is 0.0315. The molecule has 1 N–H and O–H groups in total. The smallest absolute Gasteiger partial charge is 0.241 e. The number of ether oxygens (including phenoxy) is 1. The molecule has 0 aliphatic heterocycles. The summed E-state index contributed by atoms with van der Waals surface area (Å²) in [5.74, 6) is -0.623. The molecule has 2 rings (SSSR count). The van der Waals surface area contributed by atoms with Crippen molar-refractivity contribution in [2.75, 3.05) is 23.7 Å². The summed E-state index contributed by atoms with van der Waals surface area (Å²) in [7, 11) is -3.73. The Morgan fingerprint density at radius 2 is 1.81 bits per heavy atom. The quantitative estimate of drug-likeness (QED) is 0.763. The van der Waals surface area contributed by atoms with Crippen molar-refractivity contribution in [3.8, 4) is 5.75 Å². The molecule has 0 heterocycles. The van der Waals surface area contributed by atoms with Crippen LogP contribution >= 0.6 is 0 Å². The molecule has 2 aromatic carbocycles. The monoisotopic (exact) mass is 380 g/mol. The lowest BCUT2D eigenvalue weighted by Crippen LogP contribution is -2.40. The van der Waals surface area contributed by atoms with Crippen LogP contribution in [-0.4, -0.2) is 33.7 Å². The van der Waals surface area contributed by atoms with Crippen LogP contribution in [0, 0.1) is 5.82 Å². The maximum Gasteiger partial charge on any atom is 0.241 e. The molecule has 26 heavy (non-hydrogen) atoms. The Balaban J connectivity index is 2.16. The largest absolute Gasteiger partial charge is 0.492 e. The van der Waals surface area contributed by atoms with Crippen LogP contribution in [0.3, 0.4) is 0 Å². The molecule has 6 nitrogen and oxygen atoms in total. The molecule has 0 unspecified atom stereocenters. The van der Waals surface area contributed by atoms with Crippen LogP contribution in [0.25, 0.3) is 0 Å². The number of nitrogens with zero attached hydrogens (tertiary/aromatic N) is 1. The first kappa shape index (κ1) is 19.7. The maximum absolute atomic E-state index is 13.6. The fraction of sp³-hybridized carbons (Fsp3) is 0.278. The first-order valence-electron chi connectivity index (χ1n) is 8.02. The number of amides is 1. The minimum atomic E-state index is -3.73. The van der Waals surface area contributed by atoms with Crippen LogP contribution in [0.15, 0.2) is 48.5 Å². The third kappa shape index (κ3) is 5.19. The third-order valence-electron chi connectivity index (χ3n) is 3.56. The lowest BCUT2D eigenvalue weighted by molar-refractivity contribution is -0.119. The SMILES string of the molecule is CCOc1ccccc1N(CC(=O)NCc1ccccc1F)S(C)(=O)=O. The van der Waals surface area contributed by atoms with E-state index in [2.05, 4.69) is 5.32 Å². The molecule has 0 bridgehead atoms. The van der Waals surface area contributed by atoms with Gasteiger partial charge in [-0.25, -0.2) is 12.8 Å². The molecular weight excluding hydrogens is 359 g/mol. The van der Waals surface area contributed by atoms with E-state index in [1.54, 1.807) is 49.4 Å². The fourth-order valence-corrected chi connectivity index (χ4v) is 3.20. The number of hydrogen-bond donors (Lipinski definition) is 1. The van der Waals surface area contributed by atoms with Crippen LogP contribution in [-0.2, 0) is 21.4 Å². The van der Waals surface area contributed by atoms with Crippen LogP contribution in [0.4, 0.5) is 10.1 Å². The normalized spacial score (nSPS) is 11.0. The lowest BCUT2D eigenvalue weighted by Gasteiger charge is -2.24. The molecule has 0 radical (unpaired) electrons. The lowest BCUT2D eigenvalue weighted by atomic mass is 10.2. The summed E-state index contributed by atoms with van der Waals surface area (Å²) in [5.41, 5.74) is 0.597. The Morgan fingerprint density at radius 1 is 1.15 bits per heavy atom. The standard InChI is InChI=1S/C18H21FN2O4S/c1-3-25-17-11-7-6-10-16(17)21(26(2,23)24)13-18(22)20-12-14-8-4-5-9-15(14)19/h4-11H,3,12-13H2,1-2H3,(H,20,22). The summed E-state index contributed by atoms with van der Waals surface area (Å²) in [4.78, 5) is 12.2. The molecular formula is C18H21FN2O4S. The summed E-state index contributed by atoms with van der Waals surface area (Å²) in [6.07, 6.45) is 1.01. The molecule has 0 spiro atoms. The molecule has 0 atom stereocenters. The van der Waals surface area contributed by atoms with Gasteiger partial charge in [0.05, 0.1) is 18.6 Å². The number of para-hydroxylation sites is 2. The average molecular weight is 380 g/mol. The van der Waals surface area contributed by atoms with Gasteiger partial charge < -0.3 is 10.1 Å². The van der Waals surface area contributed by atoms with Crippen molar-refractivity contribution >= 4 is 21.6 Å². The van der Waals surface area contributed by atoms with E-state index in [1.807, 2.05) is 0 Å². The second-order valence-electron chi connectivity index (χ2n) is 5.54. The first-order chi connectivity index (χ1) is 12.3. The topological polar surface area (TPSA) is 75.7 Å². The number of anilines is 1. The average Bonchev–Trinajstić information content (AvgIpc) is 2.59. The molecule has 0 saturated heterocycles. The van der Waals surface area contributed by atoms with Gasteiger partial charge in [-0.3, -0.25) is 9.10 Å². The van der Waals surface area contributed by atoms with Crippen molar-refractivity contribution in [3.05, 3.63) is 59.9 Å². The zero-order valence-corrected chi connectivity index (χ0v) is 15.4. The van der Waals surface area contributed by atoms with Gasteiger partial charge >= 0.3 is 0 Å². The van der Waals surface area contributed by atoms with Crippen molar-refractivity contribution in [3.63, 3.8) is 0 Å². The zero-order valence-electron chi connectivity index (χ0n) is 14.6. The van der Waals surface area contributed by atoms with E-state index in [4.69, 9.17) is 4.74 Å². The predicted molar refractivity (Wildman–Crippen MR) is 98.0 cm³/mol. The molecule has 0 saturated carbocycles. The van der Waals surface area contributed by atoms with Crippen molar-refractivity contribution in [1.82, 2.24) is 5.32 Å². The van der Waals surface area contributed by atoms with Gasteiger partial charge in [-0.2, -0.15) is 0 Å². The Labute approximate surface area is 152 Å². The second-order valence-corrected chi connectivity index (χ2v) is 7.45. The molecule has 0 fully saturated rings. The summed E-state index contributed by atoms with van der Waals surface area (Å²) in [6.45, 7) is 1.67. The van der Waals surface area contributed by atoms with Crippen LogP contribution in [0.1, 0.15) is 12.5 Å². The van der Waals surface area contributed by atoms with E-state index in [9.17, 15) is 17.6 Å². The molecule has 8 heteroatoms. The number of benzene rings is 2. The van der Waals surface area contributed by atoms with E-state index in [-0.39, 0.29) is 12.2 Å². The second kappa shape index (κ2) is 8.66. The van der Waals surface area contributed by atoms with Gasteiger partial charge in [0.15, 0.2) is 0 Å². The highest BCUT2D eigenvalue weighted by atomic mass is 32.2. The summed E-state index contributed by atoms with van der Waals surface area (Å²) < 4.78 is 44.4. The van der Waals surface area contributed by atoms with E-state index in [0.29, 0.717) is 17.9 Å². The molecule has 2 aromatic rings. The number of halogens is 1. The highest BCUT2D eigenvalue weighted by Gasteiger charge is 2.23. The van der Waals surface area contributed by atoms with Gasteiger partial charge in [0.25, 0.3) is 0 Å². The van der Waals surface area contributed by atoms with Crippen LogP contribution < -0.4 is 14.4 Å². The predicted octanol–water partition coefficient (Wildman–Crippen LogP) is 2.31. The minimum Gasteiger partial charge on any atom is -0.492 e. The summed E-state index contributed by atoms with van der Waals surface area (Å²) in [6, 6.07) is 12.6. The van der Waals surface area contributed by atoms with E-state index in [1.165, 1.54) is 6.07 Å². The van der Waals surface area contributed by atoms with Crippen molar-refractivity contribution < 1.29 is 22.3 Å². The van der Waals surface area contributed by atoms with Gasteiger partial charge in [0.1, 0.15) is 18.1 Å². The maximum atomic E-state index is 13.6. The van der Waals surface area contributed by atoms with Crippen LogP contribution in [0.5, 0.6) is 5.75 Å². The molecule has 1 amide bonds. The number of carbonyl (C=O) groups is 1. The fourth-order valence-electron chi connectivity index (χ4n) is 2.34. The van der Waals surface area contributed by atoms with Gasteiger partial charge in [0, 0.05) is 12.1 Å². The van der Waals surface area contributed by atoms with Crippen molar-refractivity contribution in [2.24, 2.45) is 0 Å². The van der Waals surface area contributed by atoms with Crippen LogP contribution in [0.2, 0.25) is 0 Å². The van der Waals surface area contributed by atoms with Crippen molar-refractivity contribution in [1.29, 1.82) is 0 Å². The van der Waals surface area contributed by atoms with Gasteiger partial charge in [-0.1, -0.05) is 30.3 Å². The number of carbonyl (C=O) groups excluding carboxylic acids is 1. The zero-order chi connectivity index (χ0) is 19.2. The van der Waals surface area contributed by atoms with Gasteiger partial charge in [-0.05, 0) is 25.1 Å². The number of nitrogens with one attached hydrogen (secondary N) is 1. The van der Waals surface area contributed by atoms with Crippen molar-refractivity contribution in [2.45, 2.75) is 13.5 Å². The third-order valence-corrected chi connectivity index (χ3v) is 4.68. The highest BCUT2D eigenvalue weighted by molar-refractivity contribution is 7.92. The Hall–Kier alpha value is -2.61. The molecule has 0 aromatic heterocycles. The number of hydrogen-bond acceptors (Lipinski definition) is 4. The molecule has 0 aliphatic rings. The van der Waals surface area contributed by atoms with E-state index < -0.39 is 28.3 Å². The number of sulfonamides is 1. The van der Waals surface area contributed by atoms with Gasteiger partial charge in [0.2, 0.25) is 15.9 Å². The number of rotatable bonds is 8. The highest BCUT2D eigenvalue weighted by Crippen LogP contribution is 2.29. The Morgan fingerprint density at radius 3 is 2.46 bits per heavy atom. The Kier molecular flexibility index (Phi) is 6.57. The summed E-state index contributed by atoms with van der Waals surface area (Å²) in [5, 5.41) is 2.54. The van der Waals surface area contributed by atoms with Gasteiger partial charge in [-0.15, -0.1) is 0 Å².